The van der Waals surface area contributed by atoms with Crippen LogP contribution in [0.3, 0.4) is 0 Å². The summed E-state index contributed by atoms with van der Waals surface area (Å²) in [7, 11) is 0. The summed E-state index contributed by atoms with van der Waals surface area (Å²) in [6.45, 7) is -0.0917. The molecule has 0 saturated heterocycles. The van der Waals surface area contributed by atoms with Gasteiger partial charge in [0.15, 0.2) is 0 Å². The molecule has 0 aliphatic rings. The summed E-state index contributed by atoms with van der Waals surface area (Å²) in [4.78, 5) is 20.2. The van der Waals surface area contributed by atoms with E-state index < -0.39 is 29.8 Å². The molecule has 1 atom stereocenters. The molecular weight excluding hydrogens is 218 g/mol. The molecule has 0 rings (SSSR count). The molecule has 0 bridgehead atoms. The topological polar surface area (TPSA) is 34.1 Å². The van der Waals surface area contributed by atoms with Crippen LogP contribution >= 0.6 is 0 Å². The van der Waals surface area contributed by atoms with E-state index in [0.29, 0.717) is 0 Å². The first-order valence-electron chi connectivity index (χ1n) is 3.15. The van der Waals surface area contributed by atoms with Gasteiger partial charge in [0, 0.05) is 6.92 Å². The summed E-state index contributed by atoms with van der Waals surface area (Å²) in [5.74, 6) is -10.1. The lowest BCUT2D eigenvalue weighted by Gasteiger charge is -2.12. The SMILES string of the molecule is CC(F)(F)C(=O)C(F)C(=O)C(F)(F)F. The second kappa shape index (κ2) is 3.58. The van der Waals surface area contributed by atoms with Gasteiger partial charge in [-0.1, -0.05) is 0 Å². The first-order valence-corrected chi connectivity index (χ1v) is 3.15. The molecule has 0 aromatic heterocycles. The van der Waals surface area contributed by atoms with Crippen LogP contribution in [0.2, 0.25) is 0 Å². The van der Waals surface area contributed by atoms with E-state index in [0.717, 1.165) is 0 Å². The van der Waals surface area contributed by atoms with Gasteiger partial charge in [0.25, 0.3) is 5.78 Å². The number of rotatable bonds is 3. The lowest BCUT2D eigenvalue weighted by Crippen LogP contribution is -2.43. The Bertz CT molecular complexity index is 224. The second-order valence-electron chi connectivity index (χ2n) is 2.48. The Balaban J connectivity index is 4.74. The van der Waals surface area contributed by atoms with Crippen LogP contribution in [0.4, 0.5) is 26.3 Å². The predicted molar refractivity (Wildman–Crippen MR) is 31.6 cm³/mol. The van der Waals surface area contributed by atoms with Crippen LogP contribution in [-0.2, 0) is 9.59 Å². The van der Waals surface area contributed by atoms with Gasteiger partial charge in [0.05, 0.1) is 0 Å². The van der Waals surface area contributed by atoms with E-state index in [-0.39, 0.29) is 6.92 Å². The third-order valence-corrected chi connectivity index (χ3v) is 1.17. The zero-order valence-corrected chi connectivity index (χ0v) is 6.66. The number of hydrogen-bond donors (Lipinski definition) is 0. The Morgan fingerprint density at radius 3 is 1.57 bits per heavy atom. The van der Waals surface area contributed by atoms with Crippen LogP contribution in [0.5, 0.6) is 0 Å². The van der Waals surface area contributed by atoms with Crippen molar-refractivity contribution < 1.29 is 35.9 Å². The smallest absolute Gasteiger partial charge is 0.289 e. The zero-order chi connectivity index (χ0) is 11.7. The quantitative estimate of drug-likeness (QED) is 0.537. The number of ketones is 2. The van der Waals surface area contributed by atoms with Crippen molar-refractivity contribution in [1.82, 2.24) is 0 Å². The molecule has 0 N–H and O–H groups in total. The van der Waals surface area contributed by atoms with Gasteiger partial charge in [-0.2, -0.15) is 22.0 Å². The highest BCUT2D eigenvalue weighted by atomic mass is 19.4. The van der Waals surface area contributed by atoms with Gasteiger partial charge >= 0.3 is 12.1 Å². The molecule has 8 heteroatoms. The molecule has 14 heavy (non-hydrogen) atoms. The number of halogens is 6. The molecule has 0 aliphatic carbocycles. The van der Waals surface area contributed by atoms with E-state index in [4.69, 9.17) is 0 Å². The lowest BCUT2D eigenvalue weighted by molar-refractivity contribution is -0.180. The maximum absolute atomic E-state index is 12.3. The monoisotopic (exact) mass is 222 g/mol. The molecule has 1 unspecified atom stereocenters. The van der Waals surface area contributed by atoms with E-state index in [9.17, 15) is 35.9 Å². The molecule has 0 spiro atoms. The highest BCUT2D eigenvalue weighted by Crippen LogP contribution is 2.24. The van der Waals surface area contributed by atoms with Gasteiger partial charge in [0.2, 0.25) is 12.0 Å². The fraction of sp³-hybridized carbons (Fsp3) is 0.667. The summed E-state index contributed by atoms with van der Waals surface area (Å²) < 4.78 is 70.7. The van der Waals surface area contributed by atoms with E-state index >= 15 is 0 Å². The second-order valence-corrected chi connectivity index (χ2v) is 2.48. The molecule has 2 nitrogen and oxygen atoms in total. The van der Waals surface area contributed by atoms with E-state index in [2.05, 4.69) is 0 Å². The third kappa shape index (κ3) is 3.00. The molecule has 82 valence electrons. The highest BCUT2D eigenvalue weighted by Gasteiger charge is 2.51. The van der Waals surface area contributed by atoms with Crippen molar-refractivity contribution in [1.29, 1.82) is 0 Å². The summed E-state index contributed by atoms with van der Waals surface area (Å²) in [5.41, 5.74) is 0. The molecule has 0 aliphatic heterocycles. The molecule has 0 saturated carbocycles. The van der Waals surface area contributed by atoms with E-state index in [1.54, 1.807) is 0 Å². The van der Waals surface area contributed by atoms with Gasteiger partial charge in [-0.05, 0) is 0 Å². The maximum Gasteiger partial charge on any atom is 0.453 e. The van der Waals surface area contributed by atoms with Crippen LogP contribution in [-0.4, -0.2) is 29.8 Å². The van der Waals surface area contributed by atoms with Crippen molar-refractivity contribution in [2.75, 3.05) is 0 Å². The van der Waals surface area contributed by atoms with Crippen molar-refractivity contribution in [3.05, 3.63) is 0 Å². The molecule has 0 aromatic carbocycles. The van der Waals surface area contributed by atoms with Crippen molar-refractivity contribution in [2.45, 2.75) is 25.2 Å². The largest absolute Gasteiger partial charge is 0.453 e. The average molecular weight is 222 g/mol. The minimum atomic E-state index is -5.64. The van der Waals surface area contributed by atoms with Crippen LogP contribution in [0.1, 0.15) is 6.92 Å². The first kappa shape index (κ1) is 12.9. The lowest BCUT2D eigenvalue weighted by atomic mass is 10.1. The first-order chi connectivity index (χ1) is 5.98. The Labute approximate surface area is 73.9 Å². The summed E-state index contributed by atoms with van der Waals surface area (Å²) in [5, 5.41) is 0. The van der Waals surface area contributed by atoms with Gasteiger partial charge in [0.1, 0.15) is 0 Å². The Hall–Kier alpha value is -1.08. The molecule has 0 radical (unpaired) electrons. The number of Topliss-reactive ketones (excluding diaryl/α,β-unsaturated/α-hetero) is 2. The van der Waals surface area contributed by atoms with Gasteiger partial charge in [-0.3, -0.25) is 9.59 Å². The summed E-state index contributed by atoms with van der Waals surface area (Å²) >= 11 is 0. The van der Waals surface area contributed by atoms with E-state index in [1.807, 2.05) is 0 Å². The molecular formula is C6H4F6O2. The normalized spacial score (nSPS) is 15.1. The Morgan fingerprint density at radius 1 is 1.00 bits per heavy atom. The van der Waals surface area contributed by atoms with Gasteiger partial charge in [-0.25, -0.2) is 4.39 Å². The van der Waals surface area contributed by atoms with Crippen LogP contribution < -0.4 is 0 Å². The minimum Gasteiger partial charge on any atom is -0.289 e. The van der Waals surface area contributed by atoms with Crippen LogP contribution in [0, 0.1) is 0 Å². The molecule has 0 aromatic rings. The molecule has 0 fully saturated rings. The average Bonchev–Trinajstić information content (AvgIpc) is 1.97. The fourth-order valence-electron chi connectivity index (χ4n) is 0.485. The highest BCUT2D eigenvalue weighted by molar-refractivity contribution is 6.09. The van der Waals surface area contributed by atoms with Crippen LogP contribution in [0.15, 0.2) is 0 Å². The standard InChI is InChI=1S/C6H4F6O2/c1-5(8,9)3(13)2(7)4(14)6(10,11)12/h2H,1H3. The fourth-order valence-corrected chi connectivity index (χ4v) is 0.485. The van der Waals surface area contributed by atoms with Crippen molar-refractivity contribution in [3.63, 3.8) is 0 Å². The summed E-state index contributed by atoms with van der Waals surface area (Å²) in [6, 6.07) is 0. The maximum atomic E-state index is 12.3. The Kier molecular flexibility index (Phi) is 3.31. The number of alkyl halides is 6. The molecule has 0 amide bonds. The van der Waals surface area contributed by atoms with Crippen molar-refractivity contribution in [3.8, 4) is 0 Å². The predicted octanol–water partition coefficient (Wildman–Crippen LogP) is 1.68. The van der Waals surface area contributed by atoms with Crippen molar-refractivity contribution in [2.24, 2.45) is 0 Å². The third-order valence-electron chi connectivity index (χ3n) is 1.17. The minimum absolute atomic E-state index is 0.0917. The van der Waals surface area contributed by atoms with Gasteiger partial charge < -0.3 is 0 Å². The summed E-state index contributed by atoms with van der Waals surface area (Å²) in [6.07, 6.45) is -9.50. The van der Waals surface area contributed by atoms with Crippen LogP contribution in [0.25, 0.3) is 0 Å². The van der Waals surface area contributed by atoms with E-state index in [1.165, 1.54) is 0 Å². The number of hydrogen-bond acceptors (Lipinski definition) is 2. The zero-order valence-electron chi connectivity index (χ0n) is 6.66. The number of carbonyl (C=O) groups is 2. The molecule has 0 heterocycles. The van der Waals surface area contributed by atoms with Gasteiger partial charge in [-0.15, -0.1) is 0 Å². The number of carbonyl (C=O) groups excluding carboxylic acids is 2. The Morgan fingerprint density at radius 2 is 1.36 bits per heavy atom. The van der Waals surface area contributed by atoms with Crippen molar-refractivity contribution >= 4 is 11.6 Å².